The van der Waals surface area contributed by atoms with Gasteiger partial charge in [-0.3, -0.25) is 14.8 Å². The van der Waals surface area contributed by atoms with Crippen LogP contribution < -0.4 is 5.48 Å². The lowest BCUT2D eigenvalue weighted by molar-refractivity contribution is -0.129. The average Bonchev–Trinajstić information content (AvgIpc) is 2.46. The third-order valence-corrected chi connectivity index (χ3v) is 3.63. The maximum atomic E-state index is 11.9. The minimum atomic E-state index is -0.338. The molecule has 0 heterocycles. The van der Waals surface area contributed by atoms with E-state index >= 15 is 0 Å². The van der Waals surface area contributed by atoms with Gasteiger partial charge in [-0.25, -0.2) is 5.48 Å². The second kappa shape index (κ2) is 9.66. The van der Waals surface area contributed by atoms with Gasteiger partial charge in [-0.15, -0.1) is 0 Å². The van der Waals surface area contributed by atoms with Crippen LogP contribution in [0.5, 0.6) is 0 Å². The van der Waals surface area contributed by atoms with Crippen LogP contribution in [0.1, 0.15) is 55.3 Å². The summed E-state index contributed by atoms with van der Waals surface area (Å²) in [6.07, 6.45) is 5.51. The van der Waals surface area contributed by atoms with Gasteiger partial charge in [0.1, 0.15) is 0 Å². The molecule has 5 heteroatoms. The lowest BCUT2D eigenvalue weighted by Gasteiger charge is -2.02. The standard InChI is InChI=1S/C15H20BrNO3/c16-13-10-8-12(9-11-13)14(18)6-4-2-1-3-5-7-15(19)17-20/h8-11,20H,1-7H2,(H,17,19). The molecule has 1 aromatic carbocycles. The van der Waals surface area contributed by atoms with E-state index in [0.717, 1.165) is 42.1 Å². The van der Waals surface area contributed by atoms with E-state index in [0.29, 0.717) is 12.8 Å². The van der Waals surface area contributed by atoms with E-state index in [9.17, 15) is 9.59 Å². The van der Waals surface area contributed by atoms with Gasteiger partial charge in [-0.1, -0.05) is 47.3 Å². The zero-order valence-corrected chi connectivity index (χ0v) is 13.0. The van der Waals surface area contributed by atoms with Crippen LogP contribution in [0.4, 0.5) is 0 Å². The third kappa shape index (κ3) is 6.82. The van der Waals surface area contributed by atoms with E-state index in [4.69, 9.17) is 5.21 Å². The number of ketones is 1. The molecule has 0 saturated heterocycles. The molecule has 0 saturated carbocycles. The van der Waals surface area contributed by atoms with Crippen molar-refractivity contribution in [3.8, 4) is 0 Å². The van der Waals surface area contributed by atoms with Crippen molar-refractivity contribution >= 4 is 27.6 Å². The fourth-order valence-corrected chi connectivity index (χ4v) is 2.20. The van der Waals surface area contributed by atoms with E-state index in [1.807, 2.05) is 24.3 Å². The van der Waals surface area contributed by atoms with Gasteiger partial charge < -0.3 is 0 Å². The first-order valence-corrected chi connectivity index (χ1v) is 7.64. The Balaban J connectivity index is 2.08. The summed E-state index contributed by atoms with van der Waals surface area (Å²) in [5, 5.41) is 8.32. The molecule has 0 spiro atoms. The molecule has 0 unspecified atom stereocenters. The summed E-state index contributed by atoms with van der Waals surface area (Å²) in [6, 6.07) is 7.42. The lowest BCUT2D eigenvalue weighted by Crippen LogP contribution is -2.17. The van der Waals surface area contributed by atoms with E-state index in [1.165, 1.54) is 0 Å². The van der Waals surface area contributed by atoms with E-state index < -0.39 is 0 Å². The van der Waals surface area contributed by atoms with E-state index in [2.05, 4.69) is 15.9 Å². The highest BCUT2D eigenvalue weighted by molar-refractivity contribution is 9.10. The van der Waals surface area contributed by atoms with Gasteiger partial charge in [0.25, 0.3) is 0 Å². The first-order chi connectivity index (χ1) is 9.63. The second-order valence-corrected chi connectivity index (χ2v) is 5.65. The smallest absolute Gasteiger partial charge is 0.243 e. The molecule has 0 bridgehead atoms. The number of nitrogens with one attached hydrogen (secondary N) is 1. The van der Waals surface area contributed by atoms with Crippen LogP contribution in [0, 0.1) is 0 Å². The number of benzene rings is 1. The number of carbonyl (C=O) groups excluding carboxylic acids is 2. The van der Waals surface area contributed by atoms with Crippen molar-refractivity contribution in [2.45, 2.75) is 44.9 Å². The van der Waals surface area contributed by atoms with E-state index in [-0.39, 0.29) is 11.7 Å². The SMILES string of the molecule is O=C(CCCCCCCC(=O)c1ccc(Br)cc1)NO. The molecule has 0 aromatic heterocycles. The summed E-state index contributed by atoms with van der Waals surface area (Å²) in [5.74, 6) is -0.160. The van der Waals surface area contributed by atoms with Gasteiger partial charge in [0.15, 0.2) is 5.78 Å². The van der Waals surface area contributed by atoms with Crippen molar-refractivity contribution in [1.82, 2.24) is 5.48 Å². The van der Waals surface area contributed by atoms with Crippen LogP contribution in [0.2, 0.25) is 0 Å². The number of rotatable bonds is 9. The molecule has 2 N–H and O–H groups in total. The van der Waals surface area contributed by atoms with Crippen LogP contribution in [0.15, 0.2) is 28.7 Å². The minimum absolute atomic E-state index is 0.178. The fraction of sp³-hybridized carbons (Fsp3) is 0.467. The Labute approximate surface area is 127 Å². The predicted molar refractivity (Wildman–Crippen MR) is 80.7 cm³/mol. The van der Waals surface area contributed by atoms with Crippen molar-refractivity contribution in [2.75, 3.05) is 0 Å². The number of hydrogen-bond donors (Lipinski definition) is 2. The summed E-state index contributed by atoms with van der Waals surface area (Å²) < 4.78 is 0.973. The molecular weight excluding hydrogens is 322 g/mol. The number of carbonyl (C=O) groups is 2. The van der Waals surface area contributed by atoms with Crippen LogP contribution in [0.25, 0.3) is 0 Å². The second-order valence-electron chi connectivity index (χ2n) is 4.73. The largest absolute Gasteiger partial charge is 0.294 e. The maximum Gasteiger partial charge on any atom is 0.243 e. The van der Waals surface area contributed by atoms with Gasteiger partial charge >= 0.3 is 0 Å². The summed E-state index contributed by atoms with van der Waals surface area (Å²) in [7, 11) is 0. The monoisotopic (exact) mass is 341 g/mol. The average molecular weight is 342 g/mol. The van der Waals surface area contributed by atoms with Gasteiger partial charge in [0.2, 0.25) is 5.91 Å². The maximum absolute atomic E-state index is 11.9. The molecule has 4 nitrogen and oxygen atoms in total. The molecular formula is C15H20BrNO3. The van der Waals surface area contributed by atoms with Crippen molar-refractivity contribution < 1.29 is 14.8 Å². The molecule has 20 heavy (non-hydrogen) atoms. The summed E-state index contributed by atoms with van der Waals surface area (Å²) >= 11 is 3.34. The number of hydrogen-bond acceptors (Lipinski definition) is 3. The third-order valence-electron chi connectivity index (χ3n) is 3.10. The first kappa shape index (κ1) is 16.9. The topological polar surface area (TPSA) is 66.4 Å². The fourth-order valence-electron chi connectivity index (χ4n) is 1.94. The summed E-state index contributed by atoms with van der Waals surface area (Å²) in [4.78, 5) is 22.6. The normalized spacial score (nSPS) is 10.3. The molecule has 1 amide bonds. The molecule has 1 aromatic rings. The molecule has 0 aliphatic heterocycles. The number of Topliss-reactive ketones (excluding diaryl/α,β-unsaturated/α-hetero) is 1. The van der Waals surface area contributed by atoms with Gasteiger partial charge in [0.05, 0.1) is 0 Å². The Morgan fingerprint density at radius 1 is 0.950 bits per heavy atom. The van der Waals surface area contributed by atoms with Crippen molar-refractivity contribution in [2.24, 2.45) is 0 Å². The Hall–Kier alpha value is -1.20. The quantitative estimate of drug-likeness (QED) is 0.310. The van der Waals surface area contributed by atoms with Crippen LogP contribution in [-0.4, -0.2) is 16.9 Å². The molecule has 0 atom stereocenters. The Morgan fingerprint density at radius 3 is 2.10 bits per heavy atom. The zero-order valence-electron chi connectivity index (χ0n) is 11.4. The lowest BCUT2D eigenvalue weighted by atomic mass is 10.0. The number of halogens is 1. The first-order valence-electron chi connectivity index (χ1n) is 6.85. The Bertz CT molecular complexity index is 431. The van der Waals surface area contributed by atoms with E-state index in [1.54, 1.807) is 5.48 Å². The van der Waals surface area contributed by atoms with Gasteiger partial charge in [-0.2, -0.15) is 0 Å². The van der Waals surface area contributed by atoms with Crippen LogP contribution >= 0.6 is 15.9 Å². The molecule has 0 fully saturated rings. The Morgan fingerprint density at radius 2 is 1.50 bits per heavy atom. The highest BCUT2D eigenvalue weighted by atomic mass is 79.9. The van der Waals surface area contributed by atoms with Crippen molar-refractivity contribution in [3.05, 3.63) is 34.3 Å². The van der Waals surface area contributed by atoms with Gasteiger partial charge in [-0.05, 0) is 25.0 Å². The van der Waals surface area contributed by atoms with Crippen LogP contribution in [0.3, 0.4) is 0 Å². The minimum Gasteiger partial charge on any atom is -0.294 e. The zero-order chi connectivity index (χ0) is 14.8. The summed E-state index contributed by atoms with van der Waals surface area (Å²) in [5.41, 5.74) is 2.37. The molecule has 0 aliphatic rings. The van der Waals surface area contributed by atoms with Crippen molar-refractivity contribution in [1.29, 1.82) is 0 Å². The molecule has 110 valence electrons. The van der Waals surface area contributed by atoms with Crippen LogP contribution in [-0.2, 0) is 4.79 Å². The molecule has 0 radical (unpaired) electrons. The number of amides is 1. The number of unbranched alkanes of at least 4 members (excludes halogenated alkanes) is 4. The number of hydroxylamine groups is 1. The van der Waals surface area contributed by atoms with Crippen molar-refractivity contribution in [3.63, 3.8) is 0 Å². The molecule has 0 aliphatic carbocycles. The molecule has 1 rings (SSSR count). The highest BCUT2D eigenvalue weighted by Gasteiger charge is 2.05. The summed E-state index contributed by atoms with van der Waals surface area (Å²) in [6.45, 7) is 0. The predicted octanol–water partition coefficient (Wildman–Crippen LogP) is 3.87. The highest BCUT2D eigenvalue weighted by Crippen LogP contribution is 2.14. The van der Waals surface area contributed by atoms with Gasteiger partial charge in [0, 0.05) is 22.9 Å². The Kier molecular flexibility index (Phi) is 8.14.